The van der Waals surface area contributed by atoms with Gasteiger partial charge in [0.1, 0.15) is 17.4 Å². The monoisotopic (exact) mass is 856 g/mol. The topological polar surface area (TPSA) is 275 Å². The van der Waals surface area contributed by atoms with Crippen LogP contribution in [0.25, 0.3) is 6.08 Å². The Bertz CT molecular complexity index is 2640. The molecule has 18 heteroatoms. The summed E-state index contributed by atoms with van der Waals surface area (Å²) in [5, 5.41) is 52.8. The molecule has 0 saturated carbocycles. The fourth-order valence-electron chi connectivity index (χ4n) is 5.92. The lowest BCUT2D eigenvalue weighted by Crippen LogP contribution is -2.43. The first-order chi connectivity index (χ1) is 30.2. The first-order valence-electron chi connectivity index (χ1n) is 18.7. The number of benzene rings is 5. The Balaban J connectivity index is 1.18. The predicted molar refractivity (Wildman–Crippen MR) is 230 cm³/mol. The quantitative estimate of drug-likeness (QED) is 0.0528. The van der Waals surface area contributed by atoms with Crippen LogP contribution in [0, 0.1) is 11.3 Å². The molecule has 63 heavy (non-hydrogen) atoms. The summed E-state index contributed by atoms with van der Waals surface area (Å²) in [5.41, 5.74) is 1.30. The van der Waals surface area contributed by atoms with Gasteiger partial charge in [-0.25, -0.2) is 4.79 Å². The van der Waals surface area contributed by atoms with Crippen LogP contribution < -0.4 is 40.8 Å². The second-order valence-electron chi connectivity index (χ2n) is 13.4. The number of hydrogen-bond acceptors (Lipinski definition) is 12. The van der Waals surface area contributed by atoms with Gasteiger partial charge in [-0.2, -0.15) is 5.26 Å². The Morgan fingerprint density at radius 1 is 0.635 bits per heavy atom. The van der Waals surface area contributed by atoms with E-state index in [1.807, 2.05) is 18.2 Å². The van der Waals surface area contributed by atoms with Gasteiger partial charge in [0.25, 0.3) is 23.6 Å². The van der Waals surface area contributed by atoms with Crippen molar-refractivity contribution in [3.05, 3.63) is 130 Å². The maximum Gasteiger partial charge on any atom is 0.339 e. The van der Waals surface area contributed by atoms with Crippen LogP contribution >= 0.6 is 0 Å². The summed E-state index contributed by atoms with van der Waals surface area (Å²) in [7, 11) is 3.92. The number of ether oxygens (including phenoxy) is 3. The minimum Gasteiger partial charge on any atom is -0.504 e. The van der Waals surface area contributed by atoms with Gasteiger partial charge in [0.05, 0.1) is 50.8 Å². The minimum absolute atomic E-state index is 0.0162. The number of phenolic OH excluding ortho intramolecular Hbond substituents is 1. The van der Waals surface area contributed by atoms with Crippen molar-refractivity contribution in [1.29, 1.82) is 5.26 Å². The molecule has 1 atom stereocenters. The smallest absolute Gasteiger partial charge is 0.339 e. The van der Waals surface area contributed by atoms with Gasteiger partial charge < -0.3 is 56.1 Å². The number of aromatic carboxylic acids is 1. The first kappa shape index (κ1) is 45.2. The lowest BCUT2D eigenvalue weighted by molar-refractivity contribution is -0.118. The Morgan fingerprint density at radius 3 is 1.67 bits per heavy atom. The van der Waals surface area contributed by atoms with Gasteiger partial charge in [0.15, 0.2) is 23.0 Å². The van der Waals surface area contributed by atoms with E-state index in [9.17, 15) is 49.3 Å². The number of nitriles is 1. The van der Waals surface area contributed by atoms with E-state index in [4.69, 9.17) is 14.2 Å². The molecule has 0 spiro atoms. The summed E-state index contributed by atoms with van der Waals surface area (Å²) in [5.74, 6) is -5.97. The van der Waals surface area contributed by atoms with Crippen molar-refractivity contribution in [2.45, 2.75) is 19.4 Å². The molecule has 5 aromatic rings. The summed E-state index contributed by atoms with van der Waals surface area (Å²) < 4.78 is 15.5. The van der Waals surface area contributed by atoms with E-state index in [0.717, 1.165) is 18.7 Å². The van der Waals surface area contributed by atoms with E-state index in [2.05, 4.69) is 26.6 Å². The number of amides is 5. The molecular formula is C45H40N6O12. The van der Waals surface area contributed by atoms with Crippen molar-refractivity contribution >= 4 is 64.3 Å². The molecule has 322 valence electrons. The van der Waals surface area contributed by atoms with Crippen molar-refractivity contribution in [1.82, 2.24) is 5.32 Å². The summed E-state index contributed by atoms with van der Waals surface area (Å²) in [6.07, 6.45) is 1.35. The highest BCUT2D eigenvalue weighted by atomic mass is 16.5. The third-order valence-corrected chi connectivity index (χ3v) is 9.24. The molecule has 5 rings (SSSR count). The maximum absolute atomic E-state index is 13.2. The highest BCUT2D eigenvalue weighted by molar-refractivity contribution is 6.11. The van der Waals surface area contributed by atoms with Crippen molar-refractivity contribution in [3.8, 4) is 34.8 Å². The third kappa shape index (κ3) is 11.1. The number of carbonyl (C=O) groups is 6. The molecule has 5 aromatic carbocycles. The molecule has 5 amide bonds. The van der Waals surface area contributed by atoms with Gasteiger partial charge in [-0.3, -0.25) is 24.0 Å². The van der Waals surface area contributed by atoms with Crippen LogP contribution in [0.15, 0.2) is 103 Å². The van der Waals surface area contributed by atoms with Crippen LogP contribution in [-0.2, 0) is 9.59 Å². The Morgan fingerprint density at radius 2 is 1.14 bits per heavy atom. The number of carboxylic acids is 1. The van der Waals surface area contributed by atoms with Crippen LogP contribution in [0.5, 0.6) is 28.7 Å². The van der Waals surface area contributed by atoms with Crippen molar-refractivity contribution in [2.24, 2.45) is 0 Å². The van der Waals surface area contributed by atoms with E-state index in [1.165, 1.54) is 73.8 Å². The summed E-state index contributed by atoms with van der Waals surface area (Å²) in [6, 6.07) is 24.1. The average Bonchev–Trinajstić information content (AvgIpc) is 3.27. The number of rotatable bonds is 16. The second kappa shape index (κ2) is 20.4. The average molecular weight is 857 g/mol. The number of methoxy groups -OCH3 is 3. The van der Waals surface area contributed by atoms with Crippen LogP contribution in [0.1, 0.15) is 60.3 Å². The molecule has 1 unspecified atom stereocenters. The lowest BCUT2D eigenvalue weighted by atomic mass is 10.1. The molecule has 0 bridgehead atoms. The van der Waals surface area contributed by atoms with Crippen LogP contribution in [0.2, 0.25) is 0 Å². The van der Waals surface area contributed by atoms with Gasteiger partial charge in [0, 0.05) is 28.1 Å². The Labute approximate surface area is 359 Å². The number of carbonyl (C=O) groups excluding carboxylic acids is 5. The molecule has 0 aromatic heterocycles. The normalized spacial score (nSPS) is 11.2. The number of phenols is 2. The van der Waals surface area contributed by atoms with Crippen LogP contribution in [0.4, 0.5) is 22.7 Å². The van der Waals surface area contributed by atoms with Gasteiger partial charge in [0.2, 0.25) is 5.91 Å². The zero-order valence-electron chi connectivity index (χ0n) is 34.1. The molecule has 18 nitrogen and oxygen atoms in total. The zero-order chi connectivity index (χ0) is 45.8. The number of hydrogen-bond donors (Lipinski definition) is 8. The first-order valence-corrected chi connectivity index (χ1v) is 18.7. The fraction of sp³-hybridized carbons (Fsp3) is 0.133. The van der Waals surface area contributed by atoms with E-state index < -0.39 is 52.7 Å². The van der Waals surface area contributed by atoms with Gasteiger partial charge in [-0.1, -0.05) is 12.1 Å². The SMILES string of the molecule is COc1ccc(C=C(C)C(=O)Nc2ccc(C(=O)NC(CC#N)C(=O)Nc3ccc(C(=O)Nc4ccc(C(=O)Nc5ccc(C(=O)O)c(O)c5OC)c(O)c4OC)cc3)cc2)cc1. The molecule has 0 saturated heterocycles. The summed E-state index contributed by atoms with van der Waals surface area (Å²) in [4.78, 5) is 76.7. The summed E-state index contributed by atoms with van der Waals surface area (Å²) in [6.45, 7) is 1.66. The van der Waals surface area contributed by atoms with E-state index in [1.54, 1.807) is 32.2 Å². The predicted octanol–water partition coefficient (Wildman–Crippen LogP) is 6.02. The summed E-state index contributed by atoms with van der Waals surface area (Å²) >= 11 is 0. The Kier molecular flexibility index (Phi) is 14.7. The lowest BCUT2D eigenvalue weighted by Gasteiger charge is -2.17. The van der Waals surface area contributed by atoms with Gasteiger partial charge >= 0.3 is 5.97 Å². The molecule has 8 N–H and O–H groups in total. The van der Waals surface area contributed by atoms with Gasteiger partial charge in [-0.15, -0.1) is 0 Å². The maximum atomic E-state index is 13.2. The number of nitrogens with one attached hydrogen (secondary N) is 5. The molecule has 0 fully saturated rings. The van der Waals surface area contributed by atoms with Crippen LogP contribution in [0.3, 0.4) is 0 Å². The van der Waals surface area contributed by atoms with Crippen LogP contribution in [-0.4, -0.2) is 78.2 Å². The second-order valence-corrected chi connectivity index (χ2v) is 13.4. The molecular weight excluding hydrogens is 817 g/mol. The van der Waals surface area contributed by atoms with Gasteiger partial charge in [-0.05, 0) is 103 Å². The molecule has 0 aliphatic carbocycles. The van der Waals surface area contributed by atoms with E-state index in [0.29, 0.717) is 17.0 Å². The molecule has 0 aliphatic heterocycles. The molecule has 0 aliphatic rings. The van der Waals surface area contributed by atoms with E-state index >= 15 is 0 Å². The van der Waals surface area contributed by atoms with Crippen molar-refractivity contribution < 1.29 is 58.3 Å². The number of anilines is 4. The van der Waals surface area contributed by atoms with Crippen molar-refractivity contribution in [3.63, 3.8) is 0 Å². The minimum atomic E-state index is -1.42. The number of carboxylic acid groups (broad SMARTS) is 1. The zero-order valence-corrected chi connectivity index (χ0v) is 34.1. The third-order valence-electron chi connectivity index (χ3n) is 9.24. The van der Waals surface area contributed by atoms with E-state index in [-0.39, 0.29) is 57.6 Å². The fourth-order valence-corrected chi connectivity index (χ4v) is 5.92. The highest BCUT2D eigenvalue weighted by Gasteiger charge is 2.25. The van der Waals surface area contributed by atoms with Crippen molar-refractivity contribution in [2.75, 3.05) is 42.6 Å². The number of nitrogens with zero attached hydrogens (tertiary/aromatic N) is 1. The number of aromatic hydroxyl groups is 2. The highest BCUT2D eigenvalue weighted by Crippen LogP contribution is 2.40. The Hall–Kier alpha value is -8.85. The standard InChI is InChI=1S/C45H40N6O12/c1-24(23-25-5-15-30(61-2)16-6-25)40(54)47-28-11-7-27(8-12-28)42(56)51-35(21-22-46)44(58)48-29-13-9-26(10-14-29)41(55)49-33-19-17-31(36(52)38(33)62-3)43(57)50-34-20-18-32(45(59)60)37(53)39(34)63-4/h5-20,23,35,52-53H,21H2,1-4H3,(H,47,54)(H,48,58)(H,49,55)(H,50,57)(H,51,56)(H,59,60). The molecule has 0 heterocycles. The molecule has 0 radical (unpaired) electrons. The largest absolute Gasteiger partial charge is 0.504 e.